The van der Waals surface area contributed by atoms with Crippen LogP contribution < -0.4 is 15.5 Å². The van der Waals surface area contributed by atoms with Gasteiger partial charge in [0.15, 0.2) is 5.78 Å². The molecule has 3 aliphatic heterocycles. The number of ketones is 1. The lowest BCUT2D eigenvalue weighted by molar-refractivity contribution is -0.131. The molecule has 0 spiro atoms. The molecule has 10 nitrogen and oxygen atoms in total. The fourth-order valence-electron chi connectivity index (χ4n) is 7.28. The number of nitrogens with zero attached hydrogens (tertiary/aromatic N) is 4. The number of sulfonamides is 1. The molecule has 4 aliphatic rings. The van der Waals surface area contributed by atoms with Crippen molar-refractivity contribution >= 4 is 50.6 Å². The summed E-state index contributed by atoms with van der Waals surface area (Å²) in [5.41, 5.74) is 3.39. The number of amides is 1. The zero-order chi connectivity index (χ0) is 34.6. The first-order valence-corrected chi connectivity index (χ1v) is 19.8. The number of allylic oxidation sites excluding steroid dienone is 2. The summed E-state index contributed by atoms with van der Waals surface area (Å²) >= 11 is 13.4. The molecule has 0 aromatic heterocycles. The molecule has 1 atom stereocenters. The third-order valence-electron chi connectivity index (χ3n) is 10.1. The van der Waals surface area contributed by atoms with Gasteiger partial charge in [-0.15, -0.1) is 0 Å². The van der Waals surface area contributed by atoms with Gasteiger partial charge in [-0.25, -0.2) is 8.42 Å². The quantitative estimate of drug-likeness (QED) is 0.362. The molecule has 0 bridgehead atoms. The van der Waals surface area contributed by atoms with E-state index in [1.807, 2.05) is 24.3 Å². The molecule has 3 saturated heterocycles. The number of Topliss-reactive ketones (excluding diaryl/α,β-unsaturated/α-hetero) is 1. The Morgan fingerprint density at radius 2 is 1.61 bits per heavy atom. The Morgan fingerprint density at radius 1 is 0.918 bits per heavy atom. The lowest BCUT2D eigenvalue weighted by Crippen LogP contribution is -2.62. The van der Waals surface area contributed by atoms with E-state index in [2.05, 4.69) is 49.6 Å². The molecule has 2 aromatic rings. The van der Waals surface area contributed by atoms with Gasteiger partial charge < -0.3 is 15.5 Å². The van der Waals surface area contributed by atoms with E-state index in [1.54, 1.807) is 6.08 Å². The van der Waals surface area contributed by atoms with Gasteiger partial charge in [0, 0.05) is 106 Å². The van der Waals surface area contributed by atoms with Gasteiger partial charge in [0.25, 0.3) is 0 Å². The molecule has 3 heterocycles. The second kappa shape index (κ2) is 15.6. The predicted molar refractivity (Wildman–Crippen MR) is 196 cm³/mol. The summed E-state index contributed by atoms with van der Waals surface area (Å²) in [6, 6.07) is 12.1. The number of carbonyl (C=O) groups is 2. The Bertz CT molecular complexity index is 1690. The van der Waals surface area contributed by atoms with E-state index < -0.39 is 15.6 Å². The van der Waals surface area contributed by atoms with Gasteiger partial charge in [-0.1, -0.05) is 53.6 Å². The monoisotopic (exact) mass is 728 g/mol. The van der Waals surface area contributed by atoms with Gasteiger partial charge in [-0.05, 0) is 60.2 Å². The Morgan fingerprint density at radius 3 is 2.24 bits per heavy atom. The van der Waals surface area contributed by atoms with Crippen molar-refractivity contribution in [2.75, 3.05) is 76.6 Å². The minimum Gasteiger partial charge on any atom is -0.372 e. The van der Waals surface area contributed by atoms with E-state index in [1.165, 1.54) is 29.1 Å². The van der Waals surface area contributed by atoms with Crippen LogP contribution in [0, 0.1) is 0 Å². The van der Waals surface area contributed by atoms with Crippen molar-refractivity contribution in [1.82, 2.24) is 24.7 Å². The average Bonchev–Trinajstić information content (AvgIpc) is 3.65. The third-order valence-corrected chi connectivity index (χ3v) is 12.1. The van der Waals surface area contributed by atoms with E-state index in [4.69, 9.17) is 23.2 Å². The van der Waals surface area contributed by atoms with E-state index in [0.717, 1.165) is 50.4 Å². The van der Waals surface area contributed by atoms with Crippen LogP contribution in [0.4, 0.5) is 5.69 Å². The van der Waals surface area contributed by atoms with Crippen molar-refractivity contribution in [3.63, 3.8) is 0 Å². The van der Waals surface area contributed by atoms with E-state index in [-0.39, 0.29) is 18.1 Å². The number of nitrogens with one attached hydrogen (secondary N) is 2. The molecular weight excluding hydrogens is 683 g/mol. The van der Waals surface area contributed by atoms with Crippen molar-refractivity contribution < 1.29 is 18.0 Å². The summed E-state index contributed by atoms with van der Waals surface area (Å²) < 4.78 is 25.2. The second-order valence-corrected chi connectivity index (χ2v) is 16.3. The summed E-state index contributed by atoms with van der Waals surface area (Å²) in [5, 5.41) is 7.44. The maximum atomic E-state index is 14.0. The summed E-state index contributed by atoms with van der Waals surface area (Å²) in [4.78, 5) is 34.3. The highest BCUT2D eigenvalue weighted by atomic mass is 35.5. The van der Waals surface area contributed by atoms with Crippen molar-refractivity contribution in [3.05, 3.63) is 86.9 Å². The molecule has 3 fully saturated rings. The van der Waals surface area contributed by atoms with Crippen molar-refractivity contribution in [2.24, 2.45) is 0 Å². The van der Waals surface area contributed by atoms with Crippen LogP contribution in [0.5, 0.6) is 0 Å². The fraction of sp³-hybridized carbons (Fsp3) is 0.500. The number of hydrogen-bond donors (Lipinski definition) is 2. The van der Waals surface area contributed by atoms with Gasteiger partial charge in [-0.2, -0.15) is 4.31 Å². The Balaban J connectivity index is 1.10. The van der Waals surface area contributed by atoms with E-state index in [0.29, 0.717) is 66.9 Å². The smallest absolute Gasteiger partial charge is 0.245 e. The molecule has 1 aliphatic carbocycles. The Kier molecular flexibility index (Phi) is 11.5. The zero-order valence-electron chi connectivity index (χ0n) is 28.1. The average molecular weight is 730 g/mol. The fourth-order valence-corrected chi connectivity index (χ4v) is 8.77. The van der Waals surface area contributed by atoms with Crippen LogP contribution in [0.15, 0.2) is 60.2 Å². The van der Waals surface area contributed by atoms with E-state index >= 15 is 0 Å². The van der Waals surface area contributed by atoms with Gasteiger partial charge >= 0.3 is 0 Å². The largest absolute Gasteiger partial charge is 0.372 e. The molecule has 49 heavy (non-hydrogen) atoms. The summed E-state index contributed by atoms with van der Waals surface area (Å²) in [6.07, 6.45) is 9.65. The molecule has 0 radical (unpaired) electrons. The first kappa shape index (κ1) is 36.0. The van der Waals surface area contributed by atoms with Gasteiger partial charge in [-0.3, -0.25) is 19.4 Å². The summed E-state index contributed by atoms with van der Waals surface area (Å²) in [6.45, 7) is 8.30. The predicted octanol–water partition coefficient (Wildman–Crippen LogP) is 3.63. The zero-order valence-corrected chi connectivity index (χ0v) is 30.4. The first-order valence-electron chi connectivity index (χ1n) is 17.2. The minimum absolute atomic E-state index is 0.0430. The second-order valence-electron chi connectivity index (χ2n) is 13.5. The number of hydrogen-bond acceptors (Lipinski definition) is 8. The number of carbonyl (C=O) groups excluding carboxylic acids is 2. The van der Waals surface area contributed by atoms with Crippen molar-refractivity contribution in [2.45, 2.75) is 44.3 Å². The van der Waals surface area contributed by atoms with Crippen LogP contribution in [-0.4, -0.2) is 111 Å². The minimum atomic E-state index is -3.20. The number of rotatable bonds is 11. The molecule has 13 heteroatoms. The molecule has 264 valence electrons. The maximum absolute atomic E-state index is 14.0. The molecule has 1 unspecified atom stereocenters. The topological polar surface area (TPSA) is 105 Å². The van der Waals surface area contributed by atoms with Crippen LogP contribution >= 0.6 is 23.2 Å². The molecule has 0 saturated carbocycles. The number of anilines is 1. The molecular formula is C36H46Cl2N6O4S. The summed E-state index contributed by atoms with van der Waals surface area (Å²) in [7, 11) is -3.20. The van der Waals surface area contributed by atoms with E-state index in [9.17, 15) is 18.0 Å². The third kappa shape index (κ3) is 8.58. The highest BCUT2D eigenvalue weighted by molar-refractivity contribution is 7.88. The van der Waals surface area contributed by atoms with Crippen molar-refractivity contribution in [3.8, 4) is 0 Å². The van der Waals surface area contributed by atoms with Gasteiger partial charge in [0.2, 0.25) is 15.9 Å². The standard InChI is InChI=1S/C36H46Cl2N6O4S/c1-49(47,48)44-19-17-41(18-20-44)26-28-22-32(37)31(33(38)23-28)24-34(45)29-7-9-36(10-8-29,43-15-11-39-12-16-43)35(46)40-25-27-5-4-6-30(21-27)42-13-2-3-14-42/h4-9,21-23,39H,2-3,10-20,24-26H2,1H3,(H,40,46). The number of halogens is 2. The number of piperazine rings is 2. The van der Waals surface area contributed by atoms with Crippen LogP contribution in [0.2, 0.25) is 10.0 Å². The van der Waals surface area contributed by atoms with Crippen LogP contribution in [0.25, 0.3) is 0 Å². The lowest BCUT2D eigenvalue weighted by Gasteiger charge is -2.43. The highest BCUT2D eigenvalue weighted by Gasteiger charge is 2.43. The number of benzene rings is 2. The maximum Gasteiger partial charge on any atom is 0.245 e. The normalized spacial score (nSPS) is 22.7. The van der Waals surface area contributed by atoms with Gasteiger partial charge in [0.05, 0.1) is 6.26 Å². The van der Waals surface area contributed by atoms with Gasteiger partial charge in [0.1, 0.15) is 5.54 Å². The first-order chi connectivity index (χ1) is 23.5. The lowest BCUT2D eigenvalue weighted by atomic mass is 9.83. The Hall–Kier alpha value is -2.77. The highest BCUT2D eigenvalue weighted by Crippen LogP contribution is 2.32. The van der Waals surface area contributed by atoms with Crippen LogP contribution in [0.1, 0.15) is 36.0 Å². The molecule has 1 amide bonds. The molecule has 2 aromatic carbocycles. The summed E-state index contributed by atoms with van der Waals surface area (Å²) in [5.74, 6) is -0.183. The van der Waals surface area contributed by atoms with Crippen LogP contribution in [-0.2, 0) is 39.1 Å². The SMILES string of the molecule is CS(=O)(=O)N1CCN(Cc2cc(Cl)c(CC(=O)C3=CCC(C(=O)NCc4cccc(N5CCCC5)c4)(N4CCNCC4)C=C3)c(Cl)c2)CC1. The van der Waals surface area contributed by atoms with Crippen molar-refractivity contribution in [1.29, 1.82) is 0 Å². The van der Waals surface area contributed by atoms with Crippen LogP contribution in [0.3, 0.4) is 0 Å². The molecule has 6 rings (SSSR count). The Labute approximate surface area is 300 Å². The molecule has 2 N–H and O–H groups in total.